The van der Waals surface area contributed by atoms with Crippen LogP contribution in [0.2, 0.25) is 10.0 Å². The van der Waals surface area contributed by atoms with Crippen LogP contribution in [-0.4, -0.2) is 4.98 Å². The number of benzene rings is 3. The number of rotatable bonds is 4. The van der Waals surface area contributed by atoms with E-state index in [2.05, 4.69) is 24.3 Å². The number of fused-ring (bicyclic) bond motifs is 1. The van der Waals surface area contributed by atoms with Crippen molar-refractivity contribution in [3.63, 3.8) is 0 Å². The number of thiazole rings is 1. The summed E-state index contributed by atoms with van der Waals surface area (Å²) in [4.78, 5) is 4.74. The van der Waals surface area contributed by atoms with Gasteiger partial charge in [-0.3, -0.25) is 0 Å². The van der Waals surface area contributed by atoms with E-state index in [1.54, 1.807) is 36.4 Å². The average molecular weight is 473 g/mol. The predicted molar refractivity (Wildman–Crippen MR) is 133 cm³/mol. The molecule has 0 unspecified atom stereocenters. The van der Waals surface area contributed by atoms with Crippen LogP contribution < -0.4 is 0 Å². The predicted octanol–water partition coefficient (Wildman–Crippen LogP) is 8.59. The Kier molecular flexibility index (Phi) is 5.55. The number of hydrogen-bond acceptors (Lipinski definition) is 4. The summed E-state index contributed by atoms with van der Waals surface area (Å²) in [6.07, 6.45) is 1.68. The molecule has 5 rings (SSSR count). The zero-order valence-electron chi connectivity index (χ0n) is 16.5. The lowest BCUT2D eigenvalue weighted by Gasteiger charge is -2.03. The Hall–Kier alpha value is -3.36. The van der Waals surface area contributed by atoms with Gasteiger partial charge >= 0.3 is 0 Å². The summed E-state index contributed by atoms with van der Waals surface area (Å²) >= 11 is 14.0. The molecule has 3 aromatic carbocycles. The fourth-order valence-electron chi connectivity index (χ4n) is 3.55. The number of allylic oxidation sites excluding steroid dienone is 1. The molecule has 6 heteroatoms. The molecule has 0 aliphatic heterocycles. The maximum Gasteiger partial charge on any atom is 0.137 e. The minimum Gasteiger partial charge on any atom is -0.457 e. The zero-order valence-corrected chi connectivity index (χ0v) is 18.9. The maximum absolute atomic E-state index is 9.77. The Balaban J connectivity index is 1.50. The summed E-state index contributed by atoms with van der Waals surface area (Å²) in [5.41, 5.74) is 2.93. The Morgan fingerprint density at radius 1 is 0.938 bits per heavy atom. The number of halogens is 2. The topological polar surface area (TPSA) is 49.8 Å². The lowest BCUT2D eigenvalue weighted by molar-refractivity contribution is 0.572. The molecule has 0 radical (unpaired) electrons. The molecule has 0 fully saturated rings. The van der Waals surface area contributed by atoms with Crippen molar-refractivity contribution in [2.75, 3.05) is 0 Å². The van der Waals surface area contributed by atoms with Gasteiger partial charge in [-0.25, -0.2) is 4.98 Å². The molecule has 0 aliphatic carbocycles. The summed E-state index contributed by atoms with van der Waals surface area (Å²) in [6, 6.07) is 25.4. The van der Waals surface area contributed by atoms with Gasteiger partial charge in [-0.05, 0) is 35.0 Å². The second kappa shape index (κ2) is 8.64. The normalized spacial score (nSPS) is 11.6. The van der Waals surface area contributed by atoms with Crippen LogP contribution in [-0.2, 0) is 0 Å². The third kappa shape index (κ3) is 3.83. The van der Waals surface area contributed by atoms with Crippen LogP contribution in [0.25, 0.3) is 45.0 Å². The highest BCUT2D eigenvalue weighted by Crippen LogP contribution is 2.36. The second-order valence-corrected chi connectivity index (χ2v) is 8.71. The average Bonchev–Trinajstić information content (AvgIpc) is 3.47. The summed E-state index contributed by atoms with van der Waals surface area (Å²) in [6.45, 7) is 0. The van der Waals surface area contributed by atoms with Gasteiger partial charge in [0.1, 0.15) is 22.6 Å². The van der Waals surface area contributed by atoms with Crippen molar-refractivity contribution in [1.82, 2.24) is 4.98 Å². The number of furan rings is 1. The highest BCUT2D eigenvalue weighted by Gasteiger charge is 2.14. The lowest BCUT2D eigenvalue weighted by atomic mass is 10.0. The van der Waals surface area contributed by atoms with Gasteiger partial charge in [0.15, 0.2) is 0 Å². The van der Waals surface area contributed by atoms with Crippen molar-refractivity contribution in [2.45, 2.75) is 0 Å². The van der Waals surface area contributed by atoms with E-state index in [0.717, 1.165) is 22.0 Å². The molecule has 2 aromatic heterocycles. The van der Waals surface area contributed by atoms with Gasteiger partial charge in [0, 0.05) is 17.0 Å². The van der Waals surface area contributed by atoms with Gasteiger partial charge in [-0.1, -0.05) is 71.7 Å². The Morgan fingerprint density at radius 2 is 1.69 bits per heavy atom. The van der Waals surface area contributed by atoms with E-state index in [0.29, 0.717) is 37.7 Å². The minimum absolute atomic E-state index is 0.424. The van der Waals surface area contributed by atoms with Crippen molar-refractivity contribution in [3.05, 3.63) is 99.0 Å². The van der Waals surface area contributed by atoms with E-state index < -0.39 is 0 Å². The van der Waals surface area contributed by atoms with E-state index in [-0.39, 0.29) is 0 Å². The van der Waals surface area contributed by atoms with E-state index in [1.165, 1.54) is 11.3 Å². The highest BCUT2D eigenvalue weighted by atomic mass is 35.5. The van der Waals surface area contributed by atoms with Crippen LogP contribution >= 0.6 is 34.5 Å². The fraction of sp³-hybridized carbons (Fsp3) is 0. The van der Waals surface area contributed by atoms with Crippen LogP contribution in [0.5, 0.6) is 0 Å². The van der Waals surface area contributed by atoms with Crippen molar-refractivity contribution in [3.8, 4) is 28.7 Å². The highest BCUT2D eigenvalue weighted by molar-refractivity contribution is 7.11. The van der Waals surface area contributed by atoms with Crippen molar-refractivity contribution in [2.24, 2.45) is 0 Å². The summed E-state index contributed by atoms with van der Waals surface area (Å²) < 4.78 is 5.91. The molecule has 3 nitrogen and oxygen atoms in total. The van der Waals surface area contributed by atoms with Gasteiger partial charge in [0.2, 0.25) is 0 Å². The molecule has 0 spiro atoms. The first-order chi connectivity index (χ1) is 15.6. The van der Waals surface area contributed by atoms with Gasteiger partial charge in [-0.15, -0.1) is 11.3 Å². The third-order valence-corrected chi connectivity index (χ3v) is 6.55. The first kappa shape index (κ1) is 20.5. The largest absolute Gasteiger partial charge is 0.457 e. The van der Waals surface area contributed by atoms with Crippen molar-refractivity contribution >= 4 is 57.0 Å². The minimum atomic E-state index is 0.424. The third-order valence-electron chi connectivity index (χ3n) is 5.04. The quantitative estimate of drug-likeness (QED) is 0.246. The van der Waals surface area contributed by atoms with Gasteiger partial charge < -0.3 is 4.42 Å². The molecule has 2 heterocycles. The van der Waals surface area contributed by atoms with Crippen LogP contribution in [0.1, 0.15) is 10.8 Å². The van der Waals surface area contributed by atoms with Crippen LogP contribution in [0.4, 0.5) is 0 Å². The monoisotopic (exact) mass is 472 g/mol. The SMILES string of the molecule is N#CC(=Cc1ccc(-c2c(Cl)cccc2Cl)o1)c1nc(-c2cccc3ccccc23)cs1. The van der Waals surface area contributed by atoms with Crippen molar-refractivity contribution in [1.29, 1.82) is 5.26 Å². The number of hydrogen-bond donors (Lipinski definition) is 0. The molecule has 154 valence electrons. The zero-order chi connectivity index (χ0) is 22.1. The second-order valence-electron chi connectivity index (χ2n) is 7.03. The van der Waals surface area contributed by atoms with Crippen LogP contribution in [0.15, 0.2) is 82.6 Å². The van der Waals surface area contributed by atoms with E-state index in [4.69, 9.17) is 32.6 Å². The first-order valence-corrected chi connectivity index (χ1v) is 11.4. The number of nitrogens with zero attached hydrogens (tertiary/aromatic N) is 2. The maximum atomic E-state index is 9.77. The molecule has 0 bridgehead atoms. The summed E-state index contributed by atoms with van der Waals surface area (Å²) in [5.74, 6) is 1.06. The number of aromatic nitrogens is 1. The van der Waals surface area contributed by atoms with Crippen LogP contribution in [0, 0.1) is 11.3 Å². The fourth-order valence-corrected chi connectivity index (χ4v) is 4.92. The van der Waals surface area contributed by atoms with Gasteiger partial charge in [0.25, 0.3) is 0 Å². The molecular formula is C26H14Cl2N2OS. The Morgan fingerprint density at radius 3 is 2.50 bits per heavy atom. The van der Waals surface area contributed by atoms with Gasteiger partial charge in [-0.2, -0.15) is 5.26 Å². The smallest absolute Gasteiger partial charge is 0.137 e. The Labute approximate surface area is 198 Å². The van der Waals surface area contributed by atoms with E-state index >= 15 is 0 Å². The Bertz CT molecular complexity index is 1500. The van der Waals surface area contributed by atoms with E-state index in [9.17, 15) is 5.26 Å². The molecule has 0 amide bonds. The molecule has 0 saturated carbocycles. The summed E-state index contributed by atoms with van der Waals surface area (Å²) in [7, 11) is 0. The summed E-state index contributed by atoms with van der Waals surface area (Å²) in [5, 5.41) is 15.7. The standard InChI is InChI=1S/C26H14Cl2N2OS/c27-21-9-4-10-22(28)25(21)24-12-11-18(31-24)13-17(14-29)26-30-23(15-32-26)20-8-3-6-16-5-1-2-7-19(16)20/h1-13,15H. The molecule has 5 aromatic rings. The number of nitriles is 1. The molecular weight excluding hydrogens is 459 g/mol. The van der Waals surface area contributed by atoms with E-state index in [1.807, 2.05) is 29.6 Å². The molecule has 32 heavy (non-hydrogen) atoms. The van der Waals surface area contributed by atoms with Gasteiger partial charge in [0.05, 0.1) is 26.9 Å². The molecule has 0 saturated heterocycles. The lowest BCUT2D eigenvalue weighted by Crippen LogP contribution is -1.84. The van der Waals surface area contributed by atoms with Crippen LogP contribution in [0.3, 0.4) is 0 Å². The molecule has 0 aliphatic rings. The van der Waals surface area contributed by atoms with Crippen molar-refractivity contribution < 1.29 is 4.42 Å². The molecule has 0 atom stereocenters. The first-order valence-electron chi connectivity index (χ1n) is 9.74. The molecule has 0 N–H and O–H groups in total.